The van der Waals surface area contributed by atoms with Crippen LogP contribution in [0.25, 0.3) is 21.9 Å². The van der Waals surface area contributed by atoms with Crippen LogP contribution >= 0.6 is 0 Å². The highest BCUT2D eigenvalue weighted by Gasteiger charge is 2.27. The van der Waals surface area contributed by atoms with Gasteiger partial charge in [0.15, 0.2) is 0 Å². The Labute approximate surface area is 161 Å². The molecule has 1 aliphatic rings. The number of nitrogens with zero attached hydrogens (tertiary/aromatic N) is 2. The third-order valence-corrected chi connectivity index (χ3v) is 5.56. The minimum Gasteiger partial charge on any atom is -0.342 e. The first-order valence-electron chi connectivity index (χ1n) is 9.55. The first kappa shape index (κ1) is 16.7. The lowest BCUT2D eigenvalue weighted by Crippen LogP contribution is -2.38. The summed E-state index contributed by atoms with van der Waals surface area (Å²) in [5.74, 6) is 1.23. The minimum atomic E-state index is -0.251. The fourth-order valence-electron chi connectivity index (χ4n) is 4.07. The Bertz CT molecular complexity index is 1200. The number of para-hydroxylation sites is 3. The third-order valence-electron chi connectivity index (χ3n) is 5.56. The highest BCUT2D eigenvalue weighted by molar-refractivity contribution is 6.06. The molecule has 28 heavy (non-hydrogen) atoms. The number of imidazole rings is 1. The molecule has 140 valence electrons. The van der Waals surface area contributed by atoms with Crippen LogP contribution in [0, 0.1) is 0 Å². The Morgan fingerprint density at radius 1 is 0.964 bits per heavy atom. The molecule has 1 fully saturated rings. The molecule has 0 bridgehead atoms. The van der Waals surface area contributed by atoms with Crippen molar-refractivity contribution >= 4 is 27.8 Å². The van der Waals surface area contributed by atoms with Gasteiger partial charge in [0.1, 0.15) is 5.82 Å². The lowest BCUT2D eigenvalue weighted by Gasteiger charge is -2.31. The number of likely N-dealkylation sites (tertiary alicyclic amines) is 1. The number of carbonyl (C=O) groups is 1. The molecule has 6 heteroatoms. The summed E-state index contributed by atoms with van der Waals surface area (Å²) < 4.78 is 0. The molecule has 5 rings (SSSR count). The van der Waals surface area contributed by atoms with Gasteiger partial charge in [0.25, 0.3) is 5.91 Å². The van der Waals surface area contributed by atoms with E-state index in [1.54, 1.807) is 0 Å². The minimum absolute atomic E-state index is 0.0784. The molecule has 3 heterocycles. The Kier molecular flexibility index (Phi) is 3.97. The quantitative estimate of drug-likeness (QED) is 0.566. The van der Waals surface area contributed by atoms with Crippen molar-refractivity contribution in [3.63, 3.8) is 0 Å². The number of nitrogens with one attached hydrogen (secondary N) is 2. The van der Waals surface area contributed by atoms with Crippen LogP contribution in [0.1, 0.15) is 34.9 Å². The van der Waals surface area contributed by atoms with Gasteiger partial charge < -0.3 is 14.9 Å². The molecule has 6 nitrogen and oxygen atoms in total. The molecule has 4 aromatic rings. The van der Waals surface area contributed by atoms with Crippen LogP contribution in [0.5, 0.6) is 0 Å². The molecule has 1 amide bonds. The van der Waals surface area contributed by atoms with Gasteiger partial charge in [0.05, 0.1) is 16.6 Å². The van der Waals surface area contributed by atoms with Crippen molar-refractivity contribution in [3.05, 3.63) is 76.3 Å². The van der Waals surface area contributed by atoms with Crippen LogP contribution in [0.2, 0.25) is 0 Å². The Hall–Kier alpha value is -3.41. The van der Waals surface area contributed by atoms with Gasteiger partial charge in [-0.05, 0) is 31.0 Å². The third kappa shape index (κ3) is 2.87. The number of pyridine rings is 1. The SMILES string of the molecule is O=C(c1cc(=O)[nH]c2ccccc12)N1CCC(c2nc3ccccc3[nH]2)CC1. The van der Waals surface area contributed by atoms with Crippen molar-refractivity contribution in [3.8, 4) is 0 Å². The molecule has 0 aliphatic carbocycles. The van der Waals surface area contributed by atoms with E-state index in [4.69, 9.17) is 4.98 Å². The van der Waals surface area contributed by atoms with Crippen LogP contribution in [0.4, 0.5) is 0 Å². The number of fused-ring (bicyclic) bond motifs is 2. The first-order valence-corrected chi connectivity index (χ1v) is 9.55. The highest BCUT2D eigenvalue weighted by Crippen LogP contribution is 2.29. The molecular formula is C22H20N4O2. The molecule has 0 spiro atoms. The molecule has 2 N–H and O–H groups in total. The maximum Gasteiger partial charge on any atom is 0.254 e. The van der Waals surface area contributed by atoms with E-state index in [-0.39, 0.29) is 11.5 Å². The van der Waals surface area contributed by atoms with E-state index in [0.717, 1.165) is 35.1 Å². The van der Waals surface area contributed by atoms with Crippen LogP contribution in [0.3, 0.4) is 0 Å². The number of aromatic nitrogens is 3. The van der Waals surface area contributed by atoms with Gasteiger partial charge in [-0.2, -0.15) is 0 Å². The standard InChI is InChI=1S/C22H20N4O2/c27-20-13-16(15-5-1-2-6-17(15)23-20)22(28)26-11-9-14(10-12-26)21-24-18-7-3-4-8-19(18)25-21/h1-8,13-14H,9-12H2,(H,23,27)(H,24,25). The first-order chi connectivity index (χ1) is 13.7. The lowest BCUT2D eigenvalue weighted by atomic mass is 9.95. The summed E-state index contributed by atoms with van der Waals surface area (Å²) in [5.41, 5.74) is 2.94. The van der Waals surface area contributed by atoms with E-state index < -0.39 is 0 Å². The van der Waals surface area contributed by atoms with Gasteiger partial charge in [0.2, 0.25) is 5.56 Å². The number of carbonyl (C=O) groups excluding carboxylic acids is 1. The maximum absolute atomic E-state index is 13.1. The average molecular weight is 372 g/mol. The van der Waals surface area contributed by atoms with Crippen molar-refractivity contribution < 1.29 is 4.79 Å². The van der Waals surface area contributed by atoms with Crippen molar-refractivity contribution in [2.45, 2.75) is 18.8 Å². The van der Waals surface area contributed by atoms with Crippen molar-refractivity contribution in [2.75, 3.05) is 13.1 Å². The van der Waals surface area contributed by atoms with Gasteiger partial charge >= 0.3 is 0 Å². The number of rotatable bonds is 2. The van der Waals surface area contributed by atoms with Crippen molar-refractivity contribution in [2.24, 2.45) is 0 Å². The number of benzene rings is 2. The predicted octanol–water partition coefficient (Wildman–Crippen LogP) is 3.42. The van der Waals surface area contributed by atoms with E-state index in [1.807, 2.05) is 53.4 Å². The van der Waals surface area contributed by atoms with Crippen LogP contribution in [-0.2, 0) is 0 Å². The molecule has 1 aliphatic heterocycles. The topological polar surface area (TPSA) is 81.8 Å². The second kappa shape index (κ2) is 6.64. The van der Waals surface area contributed by atoms with Gasteiger partial charge in [-0.25, -0.2) is 4.98 Å². The highest BCUT2D eigenvalue weighted by atomic mass is 16.2. The van der Waals surface area contributed by atoms with Crippen LogP contribution < -0.4 is 5.56 Å². The summed E-state index contributed by atoms with van der Waals surface area (Å²) in [7, 11) is 0. The number of amides is 1. The zero-order chi connectivity index (χ0) is 19.1. The molecule has 0 unspecified atom stereocenters. The monoisotopic (exact) mass is 372 g/mol. The summed E-state index contributed by atoms with van der Waals surface area (Å²) in [6, 6.07) is 16.9. The smallest absolute Gasteiger partial charge is 0.254 e. The van der Waals surface area contributed by atoms with Gasteiger partial charge in [0, 0.05) is 36.0 Å². The number of hydrogen-bond donors (Lipinski definition) is 2. The summed E-state index contributed by atoms with van der Waals surface area (Å²) in [6.07, 6.45) is 1.71. The predicted molar refractivity (Wildman–Crippen MR) is 109 cm³/mol. The molecule has 1 saturated heterocycles. The Balaban J connectivity index is 1.37. The van der Waals surface area contributed by atoms with Crippen LogP contribution in [0.15, 0.2) is 59.4 Å². The normalized spacial score (nSPS) is 15.4. The molecule has 2 aromatic heterocycles. The summed E-state index contributed by atoms with van der Waals surface area (Å²) in [4.78, 5) is 37.8. The largest absolute Gasteiger partial charge is 0.342 e. The van der Waals surface area contributed by atoms with E-state index in [0.29, 0.717) is 30.1 Å². The second-order valence-electron chi connectivity index (χ2n) is 7.30. The van der Waals surface area contributed by atoms with E-state index in [9.17, 15) is 9.59 Å². The van der Waals surface area contributed by atoms with Gasteiger partial charge in [-0.3, -0.25) is 9.59 Å². The second-order valence-corrected chi connectivity index (χ2v) is 7.30. The summed E-state index contributed by atoms with van der Waals surface area (Å²) in [5, 5.41) is 0.784. The maximum atomic E-state index is 13.1. The number of H-pyrrole nitrogens is 2. The zero-order valence-corrected chi connectivity index (χ0v) is 15.3. The van der Waals surface area contributed by atoms with Gasteiger partial charge in [-0.1, -0.05) is 30.3 Å². The summed E-state index contributed by atoms with van der Waals surface area (Å²) >= 11 is 0. The van der Waals surface area contributed by atoms with E-state index >= 15 is 0 Å². The number of hydrogen-bond acceptors (Lipinski definition) is 3. The molecular weight excluding hydrogens is 352 g/mol. The Morgan fingerprint density at radius 3 is 2.46 bits per heavy atom. The number of aromatic amines is 2. The number of piperidine rings is 1. The Morgan fingerprint density at radius 2 is 1.68 bits per heavy atom. The molecule has 2 aromatic carbocycles. The van der Waals surface area contributed by atoms with Crippen molar-refractivity contribution in [1.29, 1.82) is 0 Å². The molecule has 0 atom stereocenters. The van der Waals surface area contributed by atoms with E-state index in [1.165, 1.54) is 6.07 Å². The fourth-order valence-corrected chi connectivity index (χ4v) is 4.07. The van der Waals surface area contributed by atoms with Crippen molar-refractivity contribution in [1.82, 2.24) is 19.9 Å². The van der Waals surface area contributed by atoms with E-state index in [2.05, 4.69) is 9.97 Å². The average Bonchev–Trinajstić information content (AvgIpc) is 3.17. The summed E-state index contributed by atoms with van der Waals surface area (Å²) in [6.45, 7) is 1.31. The van der Waals surface area contributed by atoms with Gasteiger partial charge in [-0.15, -0.1) is 0 Å². The van der Waals surface area contributed by atoms with Crippen LogP contribution in [-0.4, -0.2) is 38.8 Å². The zero-order valence-electron chi connectivity index (χ0n) is 15.3. The molecule has 0 radical (unpaired) electrons. The fraction of sp³-hybridized carbons (Fsp3) is 0.227. The molecule has 0 saturated carbocycles. The lowest BCUT2D eigenvalue weighted by molar-refractivity contribution is 0.0713.